The lowest BCUT2D eigenvalue weighted by Gasteiger charge is -1.97. The molecule has 1 heterocycles. The third-order valence-electron chi connectivity index (χ3n) is 1.17. The largest absolute Gasteiger partial charge is 0.378 e. The van der Waals surface area contributed by atoms with E-state index in [2.05, 4.69) is 6.58 Å². The molecule has 0 spiro atoms. The number of epoxide rings is 1. The fraction of sp³-hybridized carbons (Fsp3) is 0.714. The number of hydrogen-bond acceptors (Lipinski definition) is 3. The van der Waals surface area contributed by atoms with Gasteiger partial charge < -0.3 is 9.47 Å². The van der Waals surface area contributed by atoms with Crippen LogP contribution in [0.2, 0.25) is 0 Å². The zero-order valence-electron chi connectivity index (χ0n) is 5.91. The van der Waals surface area contributed by atoms with Crippen molar-refractivity contribution in [2.24, 2.45) is 0 Å². The molecule has 0 aromatic heterocycles. The monoisotopic (exact) mass is 160 g/mol. The molecule has 10 heavy (non-hydrogen) atoms. The van der Waals surface area contributed by atoms with E-state index in [1.54, 1.807) is 11.8 Å². The second-order valence-corrected chi connectivity index (χ2v) is 3.14. The Morgan fingerprint density at radius 2 is 2.60 bits per heavy atom. The lowest BCUT2D eigenvalue weighted by Crippen LogP contribution is -2.03. The predicted octanol–water partition coefficient (Wildman–Crippen LogP) is 1.28. The zero-order valence-corrected chi connectivity index (χ0v) is 6.73. The maximum Gasteiger partial charge on any atom is 0.104 e. The molecule has 1 atom stereocenters. The maximum atomic E-state index is 5.27. The van der Waals surface area contributed by atoms with Crippen molar-refractivity contribution < 1.29 is 9.47 Å². The lowest BCUT2D eigenvalue weighted by atomic mass is 10.5. The fourth-order valence-electron chi connectivity index (χ4n) is 0.569. The van der Waals surface area contributed by atoms with Gasteiger partial charge in [-0.25, -0.2) is 0 Å². The van der Waals surface area contributed by atoms with Crippen LogP contribution in [-0.2, 0) is 9.47 Å². The molecule has 0 aromatic rings. The molecular weight excluding hydrogens is 148 g/mol. The van der Waals surface area contributed by atoms with E-state index in [1.807, 2.05) is 5.41 Å². The summed E-state index contributed by atoms with van der Waals surface area (Å²) in [7, 11) is 0. The molecule has 0 unspecified atom stereocenters. The Kier molecular flexibility index (Phi) is 3.87. The minimum Gasteiger partial charge on any atom is -0.378 e. The Balaban J connectivity index is 1.72. The highest BCUT2D eigenvalue weighted by Gasteiger charge is 2.21. The molecule has 1 saturated heterocycles. The van der Waals surface area contributed by atoms with Gasteiger partial charge in [-0.05, 0) is 5.41 Å². The van der Waals surface area contributed by atoms with Gasteiger partial charge in [-0.1, -0.05) is 6.58 Å². The molecule has 3 heteroatoms. The van der Waals surface area contributed by atoms with Crippen molar-refractivity contribution in [3.63, 3.8) is 0 Å². The Bertz CT molecular complexity index is 102. The molecule has 0 radical (unpaired) electrons. The molecule has 2 nitrogen and oxygen atoms in total. The molecule has 1 fully saturated rings. The summed E-state index contributed by atoms with van der Waals surface area (Å²) in [5, 5.41) is 1.83. The van der Waals surface area contributed by atoms with Crippen LogP contribution < -0.4 is 0 Å². The first-order valence-corrected chi connectivity index (χ1v) is 4.40. The van der Waals surface area contributed by atoms with E-state index in [0.717, 1.165) is 25.6 Å². The van der Waals surface area contributed by atoms with Gasteiger partial charge in [0.15, 0.2) is 0 Å². The van der Waals surface area contributed by atoms with Crippen LogP contribution in [-0.4, -0.2) is 31.7 Å². The van der Waals surface area contributed by atoms with E-state index in [1.165, 1.54) is 0 Å². The number of thioether (sulfide) groups is 1. The zero-order chi connectivity index (χ0) is 7.23. The minimum absolute atomic E-state index is 0.397. The van der Waals surface area contributed by atoms with Crippen molar-refractivity contribution >= 4 is 11.8 Å². The molecule has 0 amide bonds. The van der Waals surface area contributed by atoms with E-state index < -0.39 is 0 Å². The average Bonchev–Trinajstić information content (AvgIpc) is 2.71. The Labute approximate surface area is 65.6 Å². The quantitative estimate of drug-likeness (QED) is 0.431. The van der Waals surface area contributed by atoms with Gasteiger partial charge in [0.25, 0.3) is 0 Å². The van der Waals surface area contributed by atoms with Crippen LogP contribution in [0.1, 0.15) is 0 Å². The second-order valence-electron chi connectivity index (χ2n) is 2.07. The van der Waals surface area contributed by atoms with Gasteiger partial charge in [0.2, 0.25) is 0 Å². The van der Waals surface area contributed by atoms with Crippen molar-refractivity contribution in [2.75, 3.05) is 25.6 Å². The topological polar surface area (TPSA) is 21.8 Å². The van der Waals surface area contributed by atoms with Crippen LogP contribution in [0.5, 0.6) is 0 Å². The first-order chi connectivity index (χ1) is 4.93. The summed E-state index contributed by atoms with van der Waals surface area (Å²) < 4.78 is 10.2. The van der Waals surface area contributed by atoms with E-state index in [0.29, 0.717) is 6.10 Å². The van der Waals surface area contributed by atoms with Gasteiger partial charge >= 0.3 is 0 Å². The van der Waals surface area contributed by atoms with Crippen molar-refractivity contribution in [1.82, 2.24) is 0 Å². The molecule has 0 N–H and O–H groups in total. The highest BCUT2D eigenvalue weighted by Crippen LogP contribution is 2.08. The molecule has 0 aromatic carbocycles. The summed E-state index contributed by atoms with van der Waals surface area (Å²) in [4.78, 5) is 0. The molecular formula is C7H12O2S. The third kappa shape index (κ3) is 3.93. The number of rotatable bonds is 6. The molecule has 1 aliphatic heterocycles. The summed E-state index contributed by atoms with van der Waals surface area (Å²) in [5.74, 6) is 0.996. The van der Waals surface area contributed by atoms with E-state index in [9.17, 15) is 0 Å². The molecule has 58 valence electrons. The highest BCUT2D eigenvalue weighted by molar-refractivity contribution is 8.02. The molecule has 0 saturated carbocycles. The molecule has 0 aliphatic carbocycles. The van der Waals surface area contributed by atoms with Crippen LogP contribution in [0.25, 0.3) is 0 Å². The average molecular weight is 160 g/mol. The summed E-state index contributed by atoms with van der Waals surface area (Å²) in [6.07, 6.45) is 0.397. The van der Waals surface area contributed by atoms with Gasteiger partial charge in [-0.15, -0.1) is 11.8 Å². The van der Waals surface area contributed by atoms with E-state index in [4.69, 9.17) is 9.47 Å². The Hall–Kier alpha value is 0.01000. The standard InChI is InChI=1S/C7H12O2S/c1-2-10-4-3-8-5-7-6-9-7/h2,7H,1,3-6H2/t7-/m1/s1. The molecule has 0 bridgehead atoms. The van der Waals surface area contributed by atoms with Crippen molar-refractivity contribution in [1.29, 1.82) is 0 Å². The summed E-state index contributed by atoms with van der Waals surface area (Å²) in [6.45, 7) is 6.04. The van der Waals surface area contributed by atoms with Crippen LogP contribution >= 0.6 is 11.8 Å². The normalized spacial score (nSPS) is 22.6. The maximum absolute atomic E-state index is 5.27. The van der Waals surface area contributed by atoms with Gasteiger partial charge in [0.1, 0.15) is 6.10 Å². The molecule has 1 rings (SSSR count). The third-order valence-corrected chi connectivity index (χ3v) is 1.81. The van der Waals surface area contributed by atoms with Crippen molar-refractivity contribution in [2.45, 2.75) is 6.10 Å². The van der Waals surface area contributed by atoms with Gasteiger partial charge in [0.05, 0.1) is 19.8 Å². The first-order valence-electron chi connectivity index (χ1n) is 3.35. The Morgan fingerprint density at radius 1 is 1.80 bits per heavy atom. The first kappa shape index (κ1) is 8.11. The predicted molar refractivity (Wildman–Crippen MR) is 43.2 cm³/mol. The van der Waals surface area contributed by atoms with Crippen LogP contribution in [0.4, 0.5) is 0 Å². The van der Waals surface area contributed by atoms with Crippen LogP contribution in [0, 0.1) is 0 Å². The second kappa shape index (κ2) is 4.77. The van der Waals surface area contributed by atoms with Gasteiger partial charge in [-0.2, -0.15) is 0 Å². The fourth-order valence-corrected chi connectivity index (χ4v) is 0.950. The van der Waals surface area contributed by atoms with Crippen molar-refractivity contribution in [3.8, 4) is 0 Å². The number of hydrogen-bond donors (Lipinski definition) is 0. The van der Waals surface area contributed by atoms with Crippen LogP contribution in [0.3, 0.4) is 0 Å². The Morgan fingerprint density at radius 3 is 3.20 bits per heavy atom. The van der Waals surface area contributed by atoms with Gasteiger partial charge in [-0.3, -0.25) is 0 Å². The smallest absolute Gasteiger partial charge is 0.104 e. The summed E-state index contributed by atoms with van der Waals surface area (Å²) >= 11 is 1.68. The van der Waals surface area contributed by atoms with E-state index in [-0.39, 0.29) is 0 Å². The molecule has 1 aliphatic rings. The summed E-state index contributed by atoms with van der Waals surface area (Å²) in [5.41, 5.74) is 0. The van der Waals surface area contributed by atoms with Crippen molar-refractivity contribution in [3.05, 3.63) is 12.0 Å². The highest BCUT2D eigenvalue weighted by atomic mass is 32.2. The van der Waals surface area contributed by atoms with Crippen LogP contribution in [0.15, 0.2) is 12.0 Å². The van der Waals surface area contributed by atoms with E-state index >= 15 is 0 Å². The SMILES string of the molecule is C=CSCCOC[C@@H]1CO1. The lowest BCUT2D eigenvalue weighted by molar-refractivity contribution is 0.130. The van der Waals surface area contributed by atoms with Gasteiger partial charge in [0, 0.05) is 5.75 Å². The number of ether oxygens (including phenoxy) is 2. The summed E-state index contributed by atoms with van der Waals surface area (Å²) in [6, 6.07) is 0. The minimum atomic E-state index is 0.397.